The van der Waals surface area contributed by atoms with Crippen molar-refractivity contribution in [2.24, 2.45) is 0 Å². The normalized spacial score (nSPS) is 16.9. The van der Waals surface area contributed by atoms with Crippen LogP contribution in [0.25, 0.3) is 10.1 Å². The molecule has 5 rings (SSSR count). The number of nitrogens with zero attached hydrogens (tertiary/aromatic N) is 4. The Bertz CT molecular complexity index is 1090. The lowest BCUT2D eigenvalue weighted by Gasteiger charge is -2.34. The summed E-state index contributed by atoms with van der Waals surface area (Å²) in [5, 5.41) is 8.27. The second-order valence-electron chi connectivity index (χ2n) is 7.85. The van der Waals surface area contributed by atoms with Crippen molar-refractivity contribution in [3.05, 3.63) is 46.4 Å². The second-order valence-corrected chi connectivity index (χ2v) is 8.66. The number of amides is 2. The number of hydrogen-bond donors (Lipinski definition) is 1. The lowest BCUT2D eigenvalue weighted by Crippen LogP contribution is -2.50. The van der Waals surface area contributed by atoms with Crippen molar-refractivity contribution in [1.29, 1.82) is 0 Å². The van der Waals surface area contributed by atoms with Gasteiger partial charge >= 0.3 is 0 Å². The minimum absolute atomic E-state index is 0.0220. The van der Waals surface area contributed by atoms with E-state index in [0.29, 0.717) is 37.6 Å². The van der Waals surface area contributed by atoms with Gasteiger partial charge in [0.15, 0.2) is 5.69 Å². The predicted octanol–water partition coefficient (Wildman–Crippen LogP) is 2.80. The molecule has 0 unspecified atom stereocenters. The van der Waals surface area contributed by atoms with E-state index in [2.05, 4.69) is 14.6 Å². The quantitative estimate of drug-likeness (QED) is 0.706. The Labute approximate surface area is 172 Å². The van der Waals surface area contributed by atoms with Crippen LogP contribution >= 0.6 is 11.5 Å². The number of rotatable bonds is 2. The number of hydrogen-bond acceptors (Lipinski definition) is 5. The molecule has 1 saturated heterocycles. The minimum atomic E-state index is -0.0499. The molecule has 1 fully saturated rings. The summed E-state index contributed by atoms with van der Waals surface area (Å²) in [6, 6.07) is 6.07. The van der Waals surface area contributed by atoms with Crippen LogP contribution in [0.5, 0.6) is 0 Å². The molecule has 0 spiro atoms. The molecule has 3 heterocycles. The van der Waals surface area contributed by atoms with Gasteiger partial charge in [-0.15, -0.1) is 0 Å². The molecule has 7 nitrogen and oxygen atoms in total. The number of benzene rings is 1. The highest BCUT2D eigenvalue weighted by Gasteiger charge is 2.30. The summed E-state index contributed by atoms with van der Waals surface area (Å²) < 4.78 is 5.43. The molecule has 2 aliphatic rings. The van der Waals surface area contributed by atoms with Gasteiger partial charge < -0.3 is 9.80 Å². The monoisotopic (exact) mass is 409 g/mol. The van der Waals surface area contributed by atoms with Crippen LogP contribution < -0.4 is 0 Å². The molecule has 0 radical (unpaired) electrons. The van der Waals surface area contributed by atoms with Crippen molar-refractivity contribution in [2.75, 3.05) is 26.2 Å². The molecule has 0 bridgehead atoms. The van der Waals surface area contributed by atoms with E-state index < -0.39 is 0 Å². The fraction of sp³-hybridized carbons (Fsp3) is 0.429. The van der Waals surface area contributed by atoms with Gasteiger partial charge in [0, 0.05) is 42.8 Å². The van der Waals surface area contributed by atoms with Gasteiger partial charge in [0.2, 0.25) is 0 Å². The fourth-order valence-electron chi connectivity index (χ4n) is 4.28. The van der Waals surface area contributed by atoms with Crippen molar-refractivity contribution in [2.45, 2.75) is 32.6 Å². The highest BCUT2D eigenvalue weighted by molar-refractivity contribution is 7.13. The van der Waals surface area contributed by atoms with Crippen LogP contribution in [0, 0.1) is 6.92 Å². The van der Waals surface area contributed by atoms with Crippen molar-refractivity contribution < 1.29 is 9.59 Å². The van der Waals surface area contributed by atoms with Crippen LogP contribution in [0.3, 0.4) is 0 Å². The zero-order valence-electron chi connectivity index (χ0n) is 16.4. The first kappa shape index (κ1) is 18.3. The number of H-pyrrole nitrogens is 1. The highest BCUT2D eigenvalue weighted by Crippen LogP contribution is 2.26. The number of carbonyl (C=O) groups is 2. The maximum atomic E-state index is 13.0. The van der Waals surface area contributed by atoms with E-state index in [1.54, 1.807) is 4.90 Å². The molecule has 29 heavy (non-hydrogen) atoms. The largest absolute Gasteiger partial charge is 0.334 e. The summed E-state index contributed by atoms with van der Waals surface area (Å²) in [6.45, 7) is 4.09. The summed E-state index contributed by atoms with van der Waals surface area (Å²) in [4.78, 5) is 29.6. The van der Waals surface area contributed by atoms with Crippen molar-refractivity contribution in [3.8, 4) is 0 Å². The summed E-state index contributed by atoms with van der Waals surface area (Å²) >= 11 is 1.36. The van der Waals surface area contributed by atoms with E-state index in [1.165, 1.54) is 11.5 Å². The van der Waals surface area contributed by atoms with Gasteiger partial charge in [-0.1, -0.05) is 11.6 Å². The molecule has 1 aliphatic carbocycles. The maximum Gasteiger partial charge on any atom is 0.274 e. The number of fused-ring (bicyclic) bond motifs is 2. The van der Waals surface area contributed by atoms with Crippen LogP contribution in [0.4, 0.5) is 0 Å². The summed E-state index contributed by atoms with van der Waals surface area (Å²) in [7, 11) is 0. The molecule has 1 aromatic carbocycles. The van der Waals surface area contributed by atoms with Crippen LogP contribution in [0.2, 0.25) is 0 Å². The molecular weight excluding hydrogens is 386 g/mol. The Morgan fingerprint density at radius 2 is 1.69 bits per heavy atom. The highest BCUT2D eigenvalue weighted by atomic mass is 32.1. The second kappa shape index (κ2) is 7.26. The molecule has 0 atom stereocenters. The fourth-order valence-corrected chi connectivity index (χ4v) is 5.03. The Kier molecular flexibility index (Phi) is 4.58. The van der Waals surface area contributed by atoms with Gasteiger partial charge in [-0.05, 0) is 56.3 Å². The molecule has 2 aromatic heterocycles. The van der Waals surface area contributed by atoms with E-state index in [0.717, 1.165) is 52.6 Å². The van der Waals surface area contributed by atoms with E-state index in [4.69, 9.17) is 0 Å². The third kappa shape index (κ3) is 3.21. The maximum absolute atomic E-state index is 13.0. The topological polar surface area (TPSA) is 82.2 Å². The standard InChI is InChI=1S/C21H23N5O2S/c1-13-6-7-17-15(12-13)19(24-29-17)21(28)26-10-8-25(9-11-26)20(27)18-14-4-2-3-5-16(14)22-23-18/h6-7,12H,2-5,8-11H2,1H3,(H,22,23). The zero-order valence-corrected chi connectivity index (χ0v) is 17.2. The zero-order chi connectivity index (χ0) is 20.0. The van der Waals surface area contributed by atoms with Gasteiger partial charge in [-0.2, -0.15) is 9.47 Å². The summed E-state index contributed by atoms with van der Waals surface area (Å²) in [5.41, 5.74) is 4.41. The molecule has 2 amide bonds. The summed E-state index contributed by atoms with van der Waals surface area (Å²) in [5.74, 6) is -0.0719. The molecule has 3 aromatic rings. The molecule has 1 N–H and O–H groups in total. The Morgan fingerprint density at radius 3 is 2.45 bits per heavy atom. The Morgan fingerprint density at radius 1 is 1.00 bits per heavy atom. The van der Waals surface area contributed by atoms with Crippen LogP contribution in [-0.2, 0) is 12.8 Å². The Hall–Kier alpha value is -2.74. The smallest absolute Gasteiger partial charge is 0.274 e. The molecule has 0 saturated carbocycles. The van der Waals surface area contributed by atoms with Gasteiger partial charge in [0.25, 0.3) is 11.8 Å². The predicted molar refractivity (Wildman–Crippen MR) is 111 cm³/mol. The number of aromatic amines is 1. The number of aryl methyl sites for hydroxylation is 2. The molecule has 150 valence electrons. The van der Waals surface area contributed by atoms with Crippen molar-refractivity contribution >= 4 is 33.4 Å². The third-order valence-electron chi connectivity index (χ3n) is 5.94. The van der Waals surface area contributed by atoms with Crippen LogP contribution in [-0.4, -0.2) is 62.4 Å². The Balaban J connectivity index is 1.29. The first-order valence-electron chi connectivity index (χ1n) is 10.1. The van der Waals surface area contributed by atoms with Gasteiger partial charge in [-0.25, -0.2) is 0 Å². The van der Waals surface area contributed by atoms with Gasteiger partial charge in [0.1, 0.15) is 5.69 Å². The number of nitrogens with one attached hydrogen (secondary N) is 1. The van der Waals surface area contributed by atoms with E-state index >= 15 is 0 Å². The summed E-state index contributed by atoms with van der Waals surface area (Å²) in [6.07, 6.45) is 4.14. The van der Waals surface area contributed by atoms with Gasteiger partial charge in [0.05, 0.1) is 4.70 Å². The first-order valence-corrected chi connectivity index (χ1v) is 10.9. The van der Waals surface area contributed by atoms with Crippen LogP contribution in [0.1, 0.15) is 50.6 Å². The number of piperazine rings is 1. The SMILES string of the molecule is Cc1ccc2snc(C(=O)N3CCN(C(=O)c4n[nH]c5c4CCCC5)CC3)c2c1. The van der Waals surface area contributed by atoms with Crippen molar-refractivity contribution in [1.82, 2.24) is 24.4 Å². The molecule has 8 heteroatoms. The molecular formula is C21H23N5O2S. The minimum Gasteiger partial charge on any atom is -0.334 e. The average molecular weight is 410 g/mol. The van der Waals surface area contributed by atoms with Crippen molar-refractivity contribution in [3.63, 3.8) is 0 Å². The average Bonchev–Trinajstić information content (AvgIpc) is 3.37. The molecule has 1 aliphatic heterocycles. The lowest BCUT2D eigenvalue weighted by molar-refractivity contribution is 0.0530. The number of carbonyl (C=O) groups excluding carboxylic acids is 2. The number of aromatic nitrogens is 3. The van der Waals surface area contributed by atoms with Crippen LogP contribution in [0.15, 0.2) is 18.2 Å². The van der Waals surface area contributed by atoms with Gasteiger partial charge in [-0.3, -0.25) is 14.7 Å². The first-order chi connectivity index (χ1) is 14.1. The lowest BCUT2D eigenvalue weighted by atomic mass is 9.95. The van der Waals surface area contributed by atoms with E-state index in [9.17, 15) is 9.59 Å². The third-order valence-corrected chi connectivity index (χ3v) is 6.77. The van der Waals surface area contributed by atoms with E-state index in [1.807, 2.05) is 30.0 Å². The van der Waals surface area contributed by atoms with E-state index in [-0.39, 0.29) is 11.8 Å².